The maximum atomic E-state index is 5.61. The zero-order valence-electron chi connectivity index (χ0n) is 9.26. The highest BCUT2D eigenvalue weighted by atomic mass is 16.5. The highest BCUT2D eigenvalue weighted by Gasteiger charge is 2.33. The monoisotopic (exact) mass is 201 g/mol. The third-order valence-corrected chi connectivity index (χ3v) is 2.59. The molecular formula is C11H23NO2. The van der Waals surface area contributed by atoms with Gasteiger partial charge < -0.3 is 15.2 Å². The van der Waals surface area contributed by atoms with E-state index in [1.165, 1.54) is 12.8 Å². The van der Waals surface area contributed by atoms with Crippen LogP contribution in [-0.2, 0) is 9.47 Å². The molecule has 0 aromatic carbocycles. The summed E-state index contributed by atoms with van der Waals surface area (Å²) in [6.07, 6.45) is 4.78. The van der Waals surface area contributed by atoms with Crippen molar-refractivity contribution in [3.63, 3.8) is 0 Å². The number of nitrogens with two attached hydrogens (primary N) is 1. The molecule has 2 N–H and O–H groups in total. The summed E-state index contributed by atoms with van der Waals surface area (Å²) in [5.74, 6) is 0. The second-order valence-corrected chi connectivity index (χ2v) is 4.56. The minimum atomic E-state index is 0.303. The molecule has 1 aliphatic heterocycles. The van der Waals surface area contributed by atoms with Crippen molar-refractivity contribution in [2.75, 3.05) is 33.0 Å². The molecule has 0 aromatic heterocycles. The van der Waals surface area contributed by atoms with Gasteiger partial charge in [-0.15, -0.1) is 0 Å². The van der Waals surface area contributed by atoms with E-state index in [1.807, 2.05) is 0 Å². The van der Waals surface area contributed by atoms with Gasteiger partial charge in [-0.2, -0.15) is 0 Å². The summed E-state index contributed by atoms with van der Waals surface area (Å²) < 4.78 is 10.8. The molecule has 3 nitrogen and oxygen atoms in total. The molecule has 0 atom stereocenters. The first-order chi connectivity index (χ1) is 6.77. The normalized spacial score (nSPS) is 19.3. The van der Waals surface area contributed by atoms with Crippen molar-refractivity contribution in [1.82, 2.24) is 0 Å². The molecule has 0 amide bonds. The van der Waals surface area contributed by atoms with Crippen LogP contribution >= 0.6 is 0 Å². The Morgan fingerprint density at radius 1 is 1.21 bits per heavy atom. The van der Waals surface area contributed by atoms with Crippen LogP contribution in [0.1, 0.15) is 32.6 Å². The smallest absolute Gasteiger partial charge is 0.0564 e. The van der Waals surface area contributed by atoms with Gasteiger partial charge in [0.1, 0.15) is 0 Å². The summed E-state index contributed by atoms with van der Waals surface area (Å²) in [5.41, 5.74) is 5.71. The molecule has 1 heterocycles. The van der Waals surface area contributed by atoms with E-state index in [-0.39, 0.29) is 0 Å². The van der Waals surface area contributed by atoms with Crippen LogP contribution in [0.4, 0.5) is 0 Å². The molecule has 0 radical (unpaired) electrons. The van der Waals surface area contributed by atoms with Gasteiger partial charge in [0.2, 0.25) is 0 Å². The van der Waals surface area contributed by atoms with Crippen LogP contribution in [-0.4, -0.2) is 33.0 Å². The number of unbranched alkanes of at least 4 members (excludes halogenated alkanes) is 3. The fraction of sp³-hybridized carbons (Fsp3) is 1.00. The second-order valence-electron chi connectivity index (χ2n) is 4.56. The van der Waals surface area contributed by atoms with Crippen LogP contribution in [0.5, 0.6) is 0 Å². The lowest BCUT2D eigenvalue weighted by Crippen LogP contribution is -2.43. The third kappa shape index (κ3) is 4.40. The van der Waals surface area contributed by atoms with Crippen molar-refractivity contribution in [2.45, 2.75) is 32.6 Å². The van der Waals surface area contributed by atoms with Crippen molar-refractivity contribution < 1.29 is 9.47 Å². The summed E-state index contributed by atoms with van der Waals surface area (Å²) >= 11 is 0. The van der Waals surface area contributed by atoms with Gasteiger partial charge in [-0.05, 0) is 19.4 Å². The van der Waals surface area contributed by atoms with Crippen molar-refractivity contribution in [3.8, 4) is 0 Å². The quantitative estimate of drug-likeness (QED) is 0.606. The van der Waals surface area contributed by atoms with E-state index in [0.717, 1.165) is 45.8 Å². The summed E-state index contributed by atoms with van der Waals surface area (Å²) in [5, 5.41) is 0. The number of hydrogen-bond acceptors (Lipinski definition) is 3. The fourth-order valence-corrected chi connectivity index (χ4v) is 1.55. The lowest BCUT2D eigenvalue weighted by molar-refractivity contribution is -0.137. The Hall–Kier alpha value is -0.120. The maximum Gasteiger partial charge on any atom is 0.0564 e. The van der Waals surface area contributed by atoms with Gasteiger partial charge in [-0.25, -0.2) is 0 Å². The van der Waals surface area contributed by atoms with Gasteiger partial charge in [0.05, 0.1) is 19.8 Å². The first-order valence-electron chi connectivity index (χ1n) is 5.62. The van der Waals surface area contributed by atoms with Crippen molar-refractivity contribution in [3.05, 3.63) is 0 Å². The highest BCUT2D eigenvalue weighted by Crippen LogP contribution is 2.26. The van der Waals surface area contributed by atoms with Crippen molar-refractivity contribution >= 4 is 0 Å². The Kier molecular flexibility index (Phi) is 5.45. The molecule has 84 valence electrons. The van der Waals surface area contributed by atoms with Gasteiger partial charge >= 0.3 is 0 Å². The Morgan fingerprint density at radius 3 is 2.50 bits per heavy atom. The zero-order chi connectivity index (χ0) is 10.3. The SMILES string of the molecule is CC1(COCCCCCCN)COC1. The molecule has 0 unspecified atom stereocenters. The number of rotatable bonds is 8. The van der Waals surface area contributed by atoms with Crippen LogP contribution in [0.25, 0.3) is 0 Å². The molecule has 1 aliphatic rings. The van der Waals surface area contributed by atoms with E-state index in [4.69, 9.17) is 15.2 Å². The predicted molar refractivity (Wildman–Crippen MR) is 57.3 cm³/mol. The summed E-state index contributed by atoms with van der Waals surface area (Å²) in [6.45, 7) is 6.49. The van der Waals surface area contributed by atoms with E-state index in [9.17, 15) is 0 Å². The first-order valence-corrected chi connectivity index (χ1v) is 5.62. The van der Waals surface area contributed by atoms with Crippen LogP contribution < -0.4 is 5.73 Å². The van der Waals surface area contributed by atoms with E-state index in [2.05, 4.69) is 6.92 Å². The van der Waals surface area contributed by atoms with Crippen molar-refractivity contribution in [1.29, 1.82) is 0 Å². The number of ether oxygens (including phenoxy) is 2. The minimum Gasteiger partial charge on any atom is -0.381 e. The molecule has 0 spiro atoms. The van der Waals surface area contributed by atoms with Crippen LogP contribution in [0.2, 0.25) is 0 Å². The Bertz CT molecular complexity index is 146. The van der Waals surface area contributed by atoms with Crippen LogP contribution in [0.3, 0.4) is 0 Å². The Balaban J connectivity index is 1.80. The van der Waals surface area contributed by atoms with Crippen LogP contribution in [0, 0.1) is 5.41 Å². The van der Waals surface area contributed by atoms with E-state index < -0.39 is 0 Å². The highest BCUT2D eigenvalue weighted by molar-refractivity contribution is 4.79. The molecule has 3 heteroatoms. The summed E-state index contributed by atoms with van der Waals surface area (Å²) in [4.78, 5) is 0. The van der Waals surface area contributed by atoms with Gasteiger partial charge in [0.15, 0.2) is 0 Å². The van der Waals surface area contributed by atoms with Crippen LogP contribution in [0.15, 0.2) is 0 Å². The second kappa shape index (κ2) is 6.38. The van der Waals surface area contributed by atoms with Gasteiger partial charge in [-0.3, -0.25) is 0 Å². The molecule has 0 saturated carbocycles. The minimum absolute atomic E-state index is 0.303. The number of hydrogen-bond donors (Lipinski definition) is 1. The molecule has 1 fully saturated rings. The maximum absolute atomic E-state index is 5.61. The molecule has 0 aliphatic carbocycles. The topological polar surface area (TPSA) is 44.5 Å². The largest absolute Gasteiger partial charge is 0.381 e. The summed E-state index contributed by atoms with van der Waals surface area (Å²) in [6, 6.07) is 0. The average molecular weight is 201 g/mol. The average Bonchev–Trinajstić information content (AvgIpc) is 2.14. The lowest BCUT2D eigenvalue weighted by atomic mass is 9.90. The molecular weight excluding hydrogens is 178 g/mol. The third-order valence-electron chi connectivity index (χ3n) is 2.59. The van der Waals surface area contributed by atoms with Crippen molar-refractivity contribution in [2.24, 2.45) is 11.1 Å². The molecule has 0 bridgehead atoms. The van der Waals surface area contributed by atoms with Gasteiger partial charge in [0, 0.05) is 12.0 Å². The fourth-order valence-electron chi connectivity index (χ4n) is 1.55. The Morgan fingerprint density at radius 2 is 1.93 bits per heavy atom. The van der Waals surface area contributed by atoms with E-state index >= 15 is 0 Å². The van der Waals surface area contributed by atoms with Gasteiger partial charge in [0.25, 0.3) is 0 Å². The first kappa shape index (κ1) is 12.0. The standard InChI is InChI=1S/C11H23NO2/c1-11(9-14-10-11)8-13-7-5-3-2-4-6-12/h2-10,12H2,1H3. The molecule has 1 saturated heterocycles. The molecule has 0 aromatic rings. The van der Waals surface area contributed by atoms with E-state index in [1.54, 1.807) is 0 Å². The summed E-state index contributed by atoms with van der Waals surface area (Å²) in [7, 11) is 0. The molecule has 1 rings (SSSR count). The van der Waals surface area contributed by atoms with Gasteiger partial charge in [-0.1, -0.05) is 19.8 Å². The lowest BCUT2D eigenvalue weighted by Gasteiger charge is -2.37. The predicted octanol–water partition coefficient (Wildman–Crippen LogP) is 1.56. The zero-order valence-corrected chi connectivity index (χ0v) is 9.26. The van der Waals surface area contributed by atoms with E-state index in [0.29, 0.717) is 5.41 Å². The Labute approximate surface area is 86.9 Å². The molecule has 14 heavy (non-hydrogen) atoms.